The van der Waals surface area contributed by atoms with E-state index in [2.05, 4.69) is 4.99 Å². The van der Waals surface area contributed by atoms with Gasteiger partial charge >= 0.3 is 0 Å². The molecule has 0 saturated carbocycles. The van der Waals surface area contributed by atoms with Gasteiger partial charge in [-0.2, -0.15) is 4.99 Å². The molecule has 1 amide bonds. The number of aliphatic imine (C=N–C) groups is 1. The largest absolute Gasteiger partial charge is 0.375 e. The molecule has 2 fully saturated rings. The summed E-state index contributed by atoms with van der Waals surface area (Å²) in [6, 6.07) is 4.64. The Kier molecular flexibility index (Phi) is 5.13. The van der Waals surface area contributed by atoms with Gasteiger partial charge in [0.15, 0.2) is 15.0 Å². The van der Waals surface area contributed by atoms with Crippen molar-refractivity contribution < 1.29 is 17.9 Å². The van der Waals surface area contributed by atoms with Crippen LogP contribution in [0, 0.1) is 0 Å². The fourth-order valence-corrected chi connectivity index (χ4v) is 7.25. The fourth-order valence-electron chi connectivity index (χ4n) is 2.81. The monoisotopic (exact) mass is 408 g/mol. The van der Waals surface area contributed by atoms with E-state index in [9.17, 15) is 13.2 Å². The Balaban J connectivity index is 2.02. The van der Waals surface area contributed by atoms with Crippen molar-refractivity contribution in [2.45, 2.75) is 11.3 Å². The first-order valence-corrected chi connectivity index (χ1v) is 10.5. The lowest BCUT2D eigenvalue weighted by Crippen LogP contribution is -2.37. The van der Waals surface area contributed by atoms with Crippen molar-refractivity contribution >= 4 is 61.6 Å². The molecule has 0 bridgehead atoms. The lowest BCUT2D eigenvalue weighted by Gasteiger charge is -2.24. The number of sulfone groups is 1. The molecule has 0 aliphatic carbocycles. The van der Waals surface area contributed by atoms with E-state index in [1.807, 2.05) is 0 Å². The molecule has 0 aromatic heterocycles. The number of amidine groups is 1. The van der Waals surface area contributed by atoms with E-state index >= 15 is 0 Å². The average molecular weight is 409 g/mol. The molecule has 2 atom stereocenters. The lowest BCUT2D eigenvalue weighted by molar-refractivity contribution is -0.121. The van der Waals surface area contributed by atoms with Gasteiger partial charge in [-0.05, 0) is 18.2 Å². The first-order valence-electron chi connectivity index (χ1n) is 7.02. The zero-order valence-corrected chi connectivity index (χ0v) is 15.8. The predicted octanol–water partition coefficient (Wildman–Crippen LogP) is 2.24. The van der Waals surface area contributed by atoms with Gasteiger partial charge in [0.25, 0.3) is 5.91 Å². The van der Waals surface area contributed by atoms with Crippen LogP contribution in [0.25, 0.3) is 0 Å². The number of fused-ring (bicyclic) bond motifs is 1. The molecule has 1 aromatic rings. The van der Waals surface area contributed by atoms with E-state index in [1.54, 1.807) is 23.1 Å². The van der Waals surface area contributed by atoms with Crippen LogP contribution in [-0.2, 0) is 19.4 Å². The third-order valence-corrected chi connectivity index (χ3v) is 7.33. The molecular formula is C14H14Cl2N2O4S2. The van der Waals surface area contributed by atoms with E-state index in [1.165, 1.54) is 18.9 Å². The Morgan fingerprint density at radius 3 is 2.62 bits per heavy atom. The van der Waals surface area contributed by atoms with Crippen molar-refractivity contribution in [3.8, 4) is 0 Å². The van der Waals surface area contributed by atoms with Crippen molar-refractivity contribution in [3.63, 3.8) is 0 Å². The Morgan fingerprint density at radius 2 is 2.00 bits per heavy atom. The van der Waals surface area contributed by atoms with Gasteiger partial charge in [-0.1, -0.05) is 35.0 Å². The molecule has 2 saturated heterocycles. The summed E-state index contributed by atoms with van der Waals surface area (Å²) in [6.45, 7) is -0.137. The number of rotatable bonds is 3. The Labute approximate surface area is 154 Å². The second kappa shape index (κ2) is 6.84. The van der Waals surface area contributed by atoms with E-state index in [-0.39, 0.29) is 29.4 Å². The van der Waals surface area contributed by atoms with Crippen LogP contribution in [-0.4, -0.2) is 56.0 Å². The second-order valence-corrected chi connectivity index (χ2v) is 9.75. The summed E-state index contributed by atoms with van der Waals surface area (Å²) in [4.78, 5) is 17.6. The van der Waals surface area contributed by atoms with Crippen LogP contribution in [0.4, 0.5) is 5.69 Å². The van der Waals surface area contributed by atoms with E-state index in [4.69, 9.17) is 27.9 Å². The Bertz CT molecular complexity index is 793. The Hall–Kier alpha value is -0.800. The van der Waals surface area contributed by atoms with Gasteiger partial charge in [-0.3, -0.25) is 4.79 Å². The number of methoxy groups -OCH3 is 1. The minimum atomic E-state index is -3.12. The van der Waals surface area contributed by atoms with Crippen molar-refractivity contribution in [2.75, 3.05) is 30.1 Å². The van der Waals surface area contributed by atoms with Crippen LogP contribution in [0.3, 0.4) is 0 Å². The van der Waals surface area contributed by atoms with Crippen molar-refractivity contribution in [3.05, 3.63) is 28.2 Å². The number of amides is 1. The Morgan fingerprint density at radius 1 is 1.33 bits per heavy atom. The number of benzene rings is 1. The minimum absolute atomic E-state index is 0.00624. The van der Waals surface area contributed by atoms with Gasteiger partial charge in [0.05, 0.1) is 17.5 Å². The van der Waals surface area contributed by atoms with Gasteiger partial charge in [-0.15, -0.1) is 0 Å². The van der Waals surface area contributed by atoms with E-state index < -0.39 is 15.7 Å². The highest BCUT2D eigenvalue weighted by Crippen LogP contribution is 2.42. The van der Waals surface area contributed by atoms with Crippen molar-refractivity contribution in [1.82, 2.24) is 0 Å². The molecule has 0 unspecified atom stereocenters. The maximum absolute atomic E-state index is 12.0. The highest BCUT2D eigenvalue weighted by atomic mass is 35.5. The number of halogens is 2. The summed E-state index contributed by atoms with van der Waals surface area (Å²) in [5, 5.41) is 1.12. The topological polar surface area (TPSA) is 76.0 Å². The highest BCUT2D eigenvalue weighted by molar-refractivity contribution is 8.16. The number of hydrogen-bond acceptors (Lipinski definition) is 5. The molecule has 2 aliphatic heterocycles. The zero-order valence-electron chi connectivity index (χ0n) is 12.6. The molecule has 24 heavy (non-hydrogen) atoms. The maximum atomic E-state index is 12.0. The molecule has 6 nitrogen and oxygen atoms in total. The first kappa shape index (κ1) is 18.0. The summed E-state index contributed by atoms with van der Waals surface area (Å²) in [5.41, 5.74) is 0.619. The summed E-state index contributed by atoms with van der Waals surface area (Å²) in [5.74, 6) is -0.363. The molecule has 10 heteroatoms. The maximum Gasteiger partial charge on any atom is 0.274 e. The number of hydrogen-bond donors (Lipinski definition) is 0. The quantitative estimate of drug-likeness (QED) is 0.762. The number of carbonyl (C=O) groups is 1. The fraction of sp³-hybridized carbons (Fsp3) is 0.429. The second-order valence-electron chi connectivity index (χ2n) is 5.52. The molecule has 3 rings (SSSR count). The third kappa shape index (κ3) is 3.72. The van der Waals surface area contributed by atoms with Crippen LogP contribution in [0.15, 0.2) is 23.2 Å². The van der Waals surface area contributed by atoms with Crippen LogP contribution >= 0.6 is 35.0 Å². The minimum Gasteiger partial charge on any atom is -0.375 e. The van der Waals surface area contributed by atoms with Gasteiger partial charge in [0.2, 0.25) is 0 Å². The highest BCUT2D eigenvalue weighted by Gasteiger charge is 2.49. The van der Waals surface area contributed by atoms with E-state index in [0.29, 0.717) is 20.9 Å². The van der Waals surface area contributed by atoms with Crippen molar-refractivity contribution in [2.24, 2.45) is 4.99 Å². The zero-order chi connectivity index (χ0) is 17.5. The number of nitrogens with zero attached hydrogens (tertiary/aromatic N) is 2. The molecule has 2 aliphatic rings. The molecule has 0 spiro atoms. The number of thioether (sulfide) groups is 1. The molecule has 0 radical (unpaired) electrons. The summed E-state index contributed by atoms with van der Waals surface area (Å²) >= 11 is 13.4. The van der Waals surface area contributed by atoms with Crippen LogP contribution in [0.2, 0.25) is 10.0 Å². The SMILES string of the molecule is COCC(=O)N=C1S[C@H]2CS(=O)(=O)C[C@H]2N1c1cc(Cl)cc(Cl)c1. The number of ether oxygens (including phenoxy) is 1. The normalized spacial score (nSPS) is 26.8. The number of anilines is 1. The third-order valence-electron chi connectivity index (χ3n) is 3.68. The molecule has 2 heterocycles. The molecule has 1 aromatic carbocycles. The molecular weight excluding hydrogens is 395 g/mol. The van der Waals surface area contributed by atoms with Crippen molar-refractivity contribution in [1.29, 1.82) is 0 Å². The standard InChI is InChI=1S/C14H14Cl2N2O4S2/c1-22-5-13(19)17-14-18(10-3-8(15)2-9(16)4-10)11-6-24(20,21)7-12(11)23-14/h2-4,11-12H,5-7H2,1H3/t11-,12+/m1/s1. The molecule has 0 N–H and O–H groups in total. The number of carbonyl (C=O) groups excluding carboxylic acids is 1. The van der Waals surface area contributed by atoms with Crippen LogP contribution < -0.4 is 4.90 Å². The van der Waals surface area contributed by atoms with Gasteiger partial charge in [0.1, 0.15) is 6.61 Å². The summed E-state index contributed by atoms with van der Waals surface area (Å²) < 4.78 is 28.7. The van der Waals surface area contributed by atoms with Gasteiger partial charge in [0, 0.05) is 28.1 Å². The van der Waals surface area contributed by atoms with E-state index in [0.717, 1.165) is 0 Å². The van der Waals surface area contributed by atoms with Gasteiger partial charge < -0.3 is 9.64 Å². The smallest absolute Gasteiger partial charge is 0.274 e. The van der Waals surface area contributed by atoms with Gasteiger partial charge in [-0.25, -0.2) is 8.42 Å². The van der Waals surface area contributed by atoms with Crippen LogP contribution in [0.1, 0.15) is 0 Å². The van der Waals surface area contributed by atoms with Crippen LogP contribution in [0.5, 0.6) is 0 Å². The first-order chi connectivity index (χ1) is 11.3. The summed E-state index contributed by atoms with van der Waals surface area (Å²) in [6.07, 6.45) is 0. The molecule has 130 valence electrons. The average Bonchev–Trinajstić information content (AvgIpc) is 2.88. The lowest BCUT2D eigenvalue weighted by atomic mass is 10.2. The summed E-state index contributed by atoms with van der Waals surface area (Å²) in [7, 11) is -1.71. The predicted molar refractivity (Wildman–Crippen MR) is 97.1 cm³/mol.